The number of aryl methyl sites for hydroxylation is 2. The molecule has 2 aromatic heterocycles. The molecular weight excluding hydrogens is 392 g/mol. The highest BCUT2D eigenvalue weighted by Crippen LogP contribution is 2.27. The van der Waals surface area contributed by atoms with Gasteiger partial charge in [0.1, 0.15) is 5.57 Å². The molecule has 0 bridgehead atoms. The maximum atomic E-state index is 13.3. The van der Waals surface area contributed by atoms with Gasteiger partial charge in [-0.05, 0) is 61.7 Å². The molecular formula is C24H22N4O3. The van der Waals surface area contributed by atoms with Crippen LogP contribution in [0.3, 0.4) is 0 Å². The van der Waals surface area contributed by atoms with E-state index in [1.807, 2.05) is 55.7 Å². The summed E-state index contributed by atoms with van der Waals surface area (Å²) < 4.78 is 2.00. The van der Waals surface area contributed by atoms with Gasteiger partial charge in [0.05, 0.1) is 17.6 Å². The molecule has 7 nitrogen and oxygen atoms in total. The summed E-state index contributed by atoms with van der Waals surface area (Å²) in [5.74, 6) is -1.34. The number of hydrogen-bond acceptors (Lipinski definition) is 4. The number of carbonyl (C=O) groups excluding carboxylic acids is 3. The Morgan fingerprint density at radius 3 is 2.55 bits per heavy atom. The number of para-hydroxylation sites is 1. The van der Waals surface area contributed by atoms with Gasteiger partial charge in [0, 0.05) is 17.6 Å². The van der Waals surface area contributed by atoms with Crippen molar-refractivity contribution >= 4 is 29.6 Å². The standard InChI is InChI=1S/C24H22N4O3/c1-4-17-8-5-6-10-21(17)28-23(30)20(22(29)26-24(28)31)13-18-12-15(2)27(16(18)3)19-9-7-11-25-14-19/h5-14H,4H2,1-3H3,(H,26,29,31)/b20-13-. The first-order chi connectivity index (χ1) is 14.9. The van der Waals surface area contributed by atoms with Crippen LogP contribution in [0.5, 0.6) is 0 Å². The number of barbiturate groups is 1. The first-order valence-electron chi connectivity index (χ1n) is 10.0. The van der Waals surface area contributed by atoms with E-state index < -0.39 is 17.8 Å². The molecule has 1 aliphatic heterocycles. The number of nitrogens with zero attached hydrogens (tertiary/aromatic N) is 3. The number of aromatic nitrogens is 2. The highest BCUT2D eigenvalue weighted by molar-refractivity contribution is 6.39. The lowest BCUT2D eigenvalue weighted by molar-refractivity contribution is -0.122. The second kappa shape index (κ2) is 8.02. The number of urea groups is 1. The minimum atomic E-state index is -0.742. The normalized spacial score (nSPS) is 15.5. The molecule has 31 heavy (non-hydrogen) atoms. The predicted molar refractivity (Wildman–Crippen MR) is 118 cm³/mol. The van der Waals surface area contributed by atoms with Gasteiger partial charge in [-0.2, -0.15) is 0 Å². The zero-order valence-corrected chi connectivity index (χ0v) is 17.5. The molecule has 1 fully saturated rings. The van der Waals surface area contributed by atoms with Crippen molar-refractivity contribution in [3.63, 3.8) is 0 Å². The number of amides is 4. The Morgan fingerprint density at radius 2 is 1.84 bits per heavy atom. The van der Waals surface area contributed by atoms with Gasteiger partial charge in [0.15, 0.2) is 0 Å². The highest BCUT2D eigenvalue weighted by Gasteiger charge is 2.37. The van der Waals surface area contributed by atoms with Crippen LogP contribution in [0.4, 0.5) is 10.5 Å². The van der Waals surface area contributed by atoms with Crippen LogP contribution in [0.1, 0.15) is 29.4 Å². The Labute approximate surface area is 180 Å². The molecule has 1 saturated heterocycles. The van der Waals surface area contributed by atoms with Crippen molar-refractivity contribution in [1.82, 2.24) is 14.9 Å². The summed E-state index contributed by atoms with van der Waals surface area (Å²) >= 11 is 0. The zero-order valence-electron chi connectivity index (χ0n) is 17.5. The Hall–Kier alpha value is -4.00. The summed E-state index contributed by atoms with van der Waals surface area (Å²) in [6.07, 6.45) is 5.64. The quantitative estimate of drug-likeness (QED) is 0.521. The second-order valence-electron chi connectivity index (χ2n) is 7.31. The highest BCUT2D eigenvalue weighted by atomic mass is 16.2. The van der Waals surface area contributed by atoms with Crippen molar-refractivity contribution in [1.29, 1.82) is 0 Å². The number of rotatable bonds is 4. The summed E-state index contributed by atoms with van der Waals surface area (Å²) in [6.45, 7) is 5.80. The minimum absolute atomic E-state index is 0.0862. The van der Waals surface area contributed by atoms with E-state index in [-0.39, 0.29) is 5.57 Å². The average molecular weight is 414 g/mol. The monoisotopic (exact) mass is 414 g/mol. The third kappa shape index (κ3) is 3.54. The third-order valence-electron chi connectivity index (χ3n) is 5.39. The molecule has 1 aromatic carbocycles. The summed E-state index contributed by atoms with van der Waals surface area (Å²) in [5.41, 5.74) is 4.63. The number of carbonyl (C=O) groups is 3. The lowest BCUT2D eigenvalue weighted by atomic mass is 10.0. The first-order valence-corrected chi connectivity index (χ1v) is 10.0. The van der Waals surface area contributed by atoms with Gasteiger partial charge >= 0.3 is 6.03 Å². The van der Waals surface area contributed by atoms with E-state index >= 15 is 0 Å². The molecule has 0 atom stereocenters. The van der Waals surface area contributed by atoms with E-state index in [1.165, 1.54) is 0 Å². The Kier molecular flexibility index (Phi) is 5.25. The molecule has 4 rings (SSSR count). The van der Waals surface area contributed by atoms with Crippen molar-refractivity contribution in [3.8, 4) is 5.69 Å². The number of anilines is 1. The van der Waals surface area contributed by atoms with Crippen LogP contribution in [0.25, 0.3) is 11.8 Å². The number of benzene rings is 1. The zero-order chi connectivity index (χ0) is 22.1. The SMILES string of the molecule is CCc1ccccc1N1C(=O)NC(=O)/C(=C/c2cc(C)n(-c3cccnc3)c2C)C1=O. The topological polar surface area (TPSA) is 84.3 Å². The minimum Gasteiger partial charge on any atom is -0.316 e. The maximum absolute atomic E-state index is 13.3. The van der Waals surface area contributed by atoms with E-state index in [2.05, 4.69) is 10.3 Å². The average Bonchev–Trinajstić information content (AvgIpc) is 3.04. The van der Waals surface area contributed by atoms with Gasteiger partial charge in [-0.3, -0.25) is 19.9 Å². The molecule has 1 N–H and O–H groups in total. The van der Waals surface area contributed by atoms with E-state index in [0.717, 1.165) is 33.1 Å². The van der Waals surface area contributed by atoms with Crippen LogP contribution in [0, 0.1) is 13.8 Å². The Morgan fingerprint density at radius 1 is 1.06 bits per heavy atom. The fourth-order valence-electron chi connectivity index (χ4n) is 3.88. The van der Waals surface area contributed by atoms with Gasteiger partial charge in [0.25, 0.3) is 11.8 Å². The number of pyridine rings is 1. The lowest BCUT2D eigenvalue weighted by Gasteiger charge is -2.27. The summed E-state index contributed by atoms with van der Waals surface area (Å²) in [7, 11) is 0. The largest absolute Gasteiger partial charge is 0.335 e. The number of nitrogens with one attached hydrogen (secondary N) is 1. The molecule has 0 radical (unpaired) electrons. The van der Waals surface area contributed by atoms with Crippen molar-refractivity contribution in [2.24, 2.45) is 0 Å². The molecule has 3 aromatic rings. The van der Waals surface area contributed by atoms with Gasteiger partial charge in [-0.25, -0.2) is 9.69 Å². The molecule has 3 heterocycles. The van der Waals surface area contributed by atoms with Crippen molar-refractivity contribution < 1.29 is 14.4 Å². The van der Waals surface area contributed by atoms with Crippen molar-refractivity contribution in [2.75, 3.05) is 4.90 Å². The molecule has 0 spiro atoms. The smallest absolute Gasteiger partial charge is 0.316 e. The predicted octanol–water partition coefficient (Wildman–Crippen LogP) is 3.72. The lowest BCUT2D eigenvalue weighted by Crippen LogP contribution is -2.54. The molecule has 0 aliphatic carbocycles. The summed E-state index contributed by atoms with van der Waals surface area (Å²) in [4.78, 5) is 43.5. The molecule has 4 amide bonds. The number of imide groups is 2. The maximum Gasteiger partial charge on any atom is 0.335 e. The van der Waals surface area contributed by atoms with Crippen LogP contribution in [0.15, 0.2) is 60.4 Å². The van der Waals surface area contributed by atoms with Crippen LogP contribution in [-0.4, -0.2) is 27.4 Å². The van der Waals surface area contributed by atoms with E-state index in [0.29, 0.717) is 12.1 Å². The van der Waals surface area contributed by atoms with E-state index in [4.69, 9.17) is 0 Å². The Balaban J connectivity index is 1.78. The van der Waals surface area contributed by atoms with Gasteiger partial charge < -0.3 is 4.57 Å². The third-order valence-corrected chi connectivity index (χ3v) is 5.39. The van der Waals surface area contributed by atoms with Gasteiger partial charge in [0.2, 0.25) is 0 Å². The Bertz CT molecular complexity index is 1220. The fraction of sp³-hybridized carbons (Fsp3) is 0.167. The van der Waals surface area contributed by atoms with E-state index in [9.17, 15) is 14.4 Å². The first kappa shape index (κ1) is 20.3. The molecule has 7 heteroatoms. The van der Waals surface area contributed by atoms with E-state index in [1.54, 1.807) is 30.6 Å². The fourth-order valence-corrected chi connectivity index (χ4v) is 3.88. The van der Waals surface area contributed by atoms with Gasteiger partial charge in [-0.1, -0.05) is 25.1 Å². The van der Waals surface area contributed by atoms with Crippen molar-refractivity contribution in [2.45, 2.75) is 27.2 Å². The van der Waals surface area contributed by atoms with Crippen LogP contribution in [-0.2, 0) is 16.0 Å². The molecule has 0 unspecified atom stereocenters. The second-order valence-corrected chi connectivity index (χ2v) is 7.31. The van der Waals surface area contributed by atoms with Crippen LogP contribution >= 0.6 is 0 Å². The number of hydrogen-bond donors (Lipinski definition) is 1. The molecule has 1 aliphatic rings. The van der Waals surface area contributed by atoms with Crippen molar-refractivity contribution in [3.05, 3.63) is 82.9 Å². The summed E-state index contributed by atoms with van der Waals surface area (Å²) in [5, 5.41) is 2.29. The summed E-state index contributed by atoms with van der Waals surface area (Å²) in [6, 6.07) is 12.1. The van der Waals surface area contributed by atoms with Crippen LogP contribution < -0.4 is 10.2 Å². The molecule has 156 valence electrons. The van der Waals surface area contributed by atoms with Gasteiger partial charge in [-0.15, -0.1) is 0 Å². The molecule has 0 saturated carbocycles. The van der Waals surface area contributed by atoms with Crippen LogP contribution in [0.2, 0.25) is 0 Å².